The number of benzene rings is 2. The standard InChI is InChI=1S/C25H32N4O/c1-20(16-29-22(3)14-21(2)27-29)15-26-25(30)19-28(17-23-10-6-4-7-11-23)18-24-12-8-5-9-13-24/h4-14,20H,15-19H2,1-3H3,(H,26,30). The Kier molecular flexibility index (Phi) is 7.80. The number of carbonyl (C=O) groups excluding carboxylic acids is 1. The summed E-state index contributed by atoms with van der Waals surface area (Å²) in [7, 11) is 0. The predicted octanol–water partition coefficient (Wildman–Crippen LogP) is 3.95. The molecular weight excluding hydrogens is 372 g/mol. The minimum Gasteiger partial charge on any atom is -0.355 e. The molecule has 0 fully saturated rings. The number of rotatable bonds is 10. The monoisotopic (exact) mass is 404 g/mol. The molecule has 5 nitrogen and oxygen atoms in total. The molecule has 3 rings (SSSR count). The minimum absolute atomic E-state index is 0.0575. The second-order valence-electron chi connectivity index (χ2n) is 8.13. The van der Waals surface area contributed by atoms with E-state index >= 15 is 0 Å². The average Bonchev–Trinajstić information content (AvgIpc) is 3.04. The third-order valence-corrected chi connectivity index (χ3v) is 5.10. The Morgan fingerprint density at radius 1 is 1.00 bits per heavy atom. The highest BCUT2D eigenvalue weighted by Crippen LogP contribution is 2.10. The average molecular weight is 405 g/mol. The summed E-state index contributed by atoms with van der Waals surface area (Å²) in [6.07, 6.45) is 0. The molecule has 0 spiro atoms. The molecule has 0 aliphatic rings. The lowest BCUT2D eigenvalue weighted by Gasteiger charge is -2.23. The highest BCUT2D eigenvalue weighted by atomic mass is 16.2. The molecule has 1 unspecified atom stereocenters. The van der Waals surface area contributed by atoms with Gasteiger partial charge in [0.2, 0.25) is 5.91 Å². The fourth-order valence-electron chi connectivity index (χ4n) is 3.62. The number of amides is 1. The van der Waals surface area contributed by atoms with Gasteiger partial charge in [-0.25, -0.2) is 0 Å². The first kappa shape index (κ1) is 21.8. The van der Waals surface area contributed by atoms with Crippen molar-refractivity contribution in [2.45, 2.75) is 40.4 Å². The van der Waals surface area contributed by atoms with E-state index in [2.05, 4.69) is 59.5 Å². The van der Waals surface area contributed by atoms with Crippen LogP contribution < -0.4 is 5.32 Å². The van der Waals surface area contributed by atoms with Crippen molar-refractivity contribution in [1.29, 1.82) is 0 Å². The highest BCUT2D eigenvalue weighted by Gasteiger charge is 2.14. The first-order valence-corrected chi connectivity index (χ1v) is 10.6. The second-order valence-corrected chi connectivity index (χ2v) is 8.13. The van der Waals surface area contributed by atoms with Crippen molar-refractivity contribution in [1.82, 2.24) is 20.0 Å². The minimum atomic E-state index is 0.0575. The Morgan fingerprint density at radius 2 is 1.57 bits per heavy atom. The van der Waals surface area contributed by atoms with Gasteiger partial charge in [-0.3, -0.25) is 14.4 Å². The van der Waals surface area contributed by atoms with Crippen LogP contribution in [0.15, 0.2) is 66.7 Å². The summed E-state index contributed by atoms with van der Waals surface area (Å²) in [5, 5.41) is 7.62. The Hall–Kier alpha value is -2.92. The van der Waals surface area contributed by atoms with Crippen LogP contribution in [-0.2, 0) is 24.4 Å². The number of aromatic nitrogens is 2. The molecule has 5 heteroatoms. The zero-order valence-corrected chi connectivity index (χ0v) is 18.2. The van der Waals surface area contributed by atoms with E-state index in [1.54, 1.807) is 0 Å². The first-order valence-electron chi connectivity index (χ1n) is 10.6. The van der Waals surface area contributed by atoms with Gasteiger partial charge in [0.25, 0.3) is 0 Å². The fourth-order valence-corrected chi connectivity index (χ4v) is 3.62. The van der Waals surface area contributed by atoms with E-state index in [4.69, 9.17) is 0 Å². The largest absolute Gasteiger partial charge is 0.355 e. The SMILES string of the molecule is Cc1cc(C)n(CC(C)CNC(=O)CN(Cc2ccccc2)Cc2ccccc2)n1. The molecule has 1 atom stereocenters. The number of nitrogens with one attached hydrogen (secondary N) is 1. The normalized spacial score (nSPS) is 12.1. The van der Waals surface area contributed by atoms with Crippen molar-refractivity contribution in [2.24, 2.45) is 5.92 Å². The maximum absolute atomic E-state index is 12.7. The third kappa shape index (κ3) is 6.85. The van der Waals surface area contributed by atoms with Gasteiger partial charge in [-0.1, -0.05) is 67.6 Å². The molecule has 0 saturated carbocycles. The molecule has 1 aromatic heterocycles. The van der Waals surface area contributed by atoms with Gasteiger partial charge in [0.1, 0.15) is 0 Å². The molecule has 1 N–H and O–H groups in total. The topological polar surface area (TPSA) is 50.2 Å². The lowest BCUT2D eigenvalue weighted by atomic mass is 10.1. The smallest absolute Gasteiger partial charge is 0.234 e. The Morgan fingerprint density at radius 3 is 2.07 bits per heavy atom. The van der Waals surface area contributed by atoms with E-state index in [9.17, 15) is 4.79 Å². The fraction of sp³-hybridized carbons (Fsp3) is 0.360. The van der Waals surface area contributed by atoms with Gasteiger partial charge in [0.15, 0.2) is 0 Å². The molecule has 0 aliphatic heterocycles. The van der Waals surface area contributed by atoms with Crippen molar-refractivity contribution in [3.63, 3.8) is 0 Å². The number of carbonyl (C=O) groups is 1. The van der Waals surface area contributed by atoms with Crippen molar-refractivity contribution >= 4 is 5.91 Å². The Bertz CT molecular complexity index is 879. The van der Waals surface area contributed by atoms with E-state index in [1.807, 2.05) is 48.0 Å². The van der Waals surface area contributed by atoms with Crippen LogP contribution in [0.4, 0.5) is 0 Å². The third-order valence-electron chi connectivity index (χ3n) is 5.10. The van der Waals surface area contributed by atoms with E-state index in [0.29, 0.717) is 19.0 Å². The van der Waals surface area contributed by atoms with Crippen LogP contribution in [0, 0.1) is 19.8 Å². The van der Waals surface area contributed by atoms with Crippen LogP contribution in [0.3, 0.4) is 0 Å². The summed E-state index contributed by atoms with van der Waals surface area (Å²) in [6.45, 7) is 9.51. The summed E-state index contributed by atoms with van der Waals surface area (Å²) in [5.41, 5.74) is 4.60. The number of hydrogen-bond donors (Lipinski definition) is 1. The van der Waals surface area contributed by atoms with Gasteiger partial charge in [-0.2, -0.15) is 5.10 Å². The summed E-state index contributed by atoms with van der Waals surface area (Å²) < 4.78 is 2.02. The molecule has 0 bridgehead atoms. The van der Waals surface area contributed by atoms with E-state index in [0.717, 1.165) is 31.0 Å². The van der Waals surface area contributed by atoms with Crippen LogP contribution in [0.25, 0.3) is 0 Å². The number of hydrogen-bond acceptors (Lipinski definition) is 3. The Balaban J connectivity index is 1.54. The maximum Gasteiger partial charge on any atom is 0.234 e. The van der Waals surface area contributed by atoms with Crippen LogP contribution in [0.2, 0.25) is 0 Å². The van der Waals surface area contributed by atoms with Crippen molar-refractivity contribution in [3.05, 3.63) is 89.2 Å². The maximum atomic E-state index is 12.7. The van der Waals surface area contributed by atoms with Gasteiger partial charge in [-0.15, -0.1) is 0 Å². The molecule has 158 valence electrons. The molecule has 2 aromatic carbocycles. The number of aryl methyl sites for hydroxylation is 2. The zero-order valence-electron chi connectivity index (χ0n) is 18.2. The molecule has 0 radical (unpaired) electrons. The van der Waals surface area contributed by atoms with Crippen molar-refractivity contribution < 1.29 is 4.79 Å². The summed E-state index contributed by atoms with van der Waals surface area (Å²) in [6, 6.07) is 22.7. The van der Waals surface area contributed by atoms with Crippen LogP contribution in [-0.4, -0.2) is 33.7 Å². The van der Waals surface area contributed by atoms with Crippen LogP contribution in [0.5, 0.6) is 0 Å². The lowest BCUT2D eigenvalue weighted by Crippen LogP contribution is -2.39. The zero-order chi connectivity index (χ0) is 21.3. The van der Waals surface area contributed by atoms with Gasteiger partial charge in [0, 0.05) is 31.9 Å². The quantitative estimate of drug-likeness (QED) is 0.557. The van der Waals surface area contributed by atoms with E-state index < -0.39 is 0 Å². The molecule has 0 aliphatic carbocycles. The Labute approximate surface area is 179 Å². The van der Waals surface area contributed by atoms with Crippen molar-refractivity contribution in [3.8, 4) is 0 Å². The first-order chi connectivity index (χ1) is 14.5. The molecule has 1 amide bonds. The summed E-state index contributed by atoms with van der Waals surface area (Å²) in [4.78, 5) is 14.9. The van der Waals surface area contributed by atoms with Gasteiger partial charge in [0.05, 0.1) is 12.2 Å². The highest BCUT2D eigenvalue weighted by molar-refractivity contribution is 5.78. The van der Waals surface area contributed by atoms with Gasteiger partial charge >= 0.3 is 0 Å². The van der Waals surface area contributed by atoms with Gasteiger partial charge in [-0.05, 0) is 37.0 Å². The predicted molar refractivity (Wildman–Crippen MR) is 121 cm³/mol. The summed E-state index contributed by atoms with van der Waals surface area (Å²) >= 11 is 0. The van der Waals surface area contributed by atoms with Crippen LogP contribution in [0.1, 0.15) is 29.4 Å². The van der Waals surface area contributed by atoms with Crippen molar-refractivity contribution in [2.75, 3.05) is 13.1 Å². The molecule has 0 saturated heterocycles. The molecule has 1 heterocycles. The molecular formula is C25H32N4O. The molecule has 30 heavy (non-hydrogen) atoms. The lowest BCUT2D eigenvalue weighted by molar-refractivity contribution is -0.122. The number of nitrogens with zero attached hydrogens (tertiary/aromatic N) is 3. The summed E-state index contributed by atoms with van der Waals surface area (Å²) in [5.74, 6) is 0.366. The van der Waals surface area contributed by atoms with E-state index in [1.165, 1.54) is 11.1 Å². The van der Waals surface area contributed by atoms with Crippen LogP contribution >= 0.6 is 0 Å². The van der Waals surface area contributed by atoms with E-state index in [-0.39, 0.29) is 5.91 Å². The second kappa shape index (κ2) is 10.7. The van der Waals surface area contributed by atoms with Gasteiger partial charge < -0.3 is 5.32 Å². The molecule has 3 aromatic rings.